The van der Waals surface area contributed by atoms with E-state index in [1.165, 1.54) is 18.1 Å². The third-order valence-electron chi connectivity index (χ3n) is 6.76. The number of carbonyl (C=O) groups is 2. The fraction of sp³-hybridized carbons (Fsp3) is 0.611. The van der Waals surface area contributed by atoms with Crippen molar-refractivity contribution in [2.24, 2.45) is 17.8 Å². The Morgan fingerprint density at radius 2 is 1.92 bits per heavy atom. The number of methoxy groups -OCH3 is 1. The predicted molar refractivity (Wildman–Crippen MR) is 91.3 cm³/mol. The largest absolute Gasteiger partial charge is 0.465 e. The van der Waals surface area contributed by atoms with Crippen molar-refractivity contribution in [3.8, 4) is 0 Å². The molecule has 26 heavy (non-hydrogen) atoms. The summed E-state index contributed by atoms with van der Waals surface area (Å²) in [5, 5.41) is 12.3. The van der Waals surface area contributed by atoms with Gasteiger partial charge >= 0.3 is 12.1 Å². The fourth-order valence-corrected chi connectivity index (χ4v) is 5.10. The summed E-state index contributed by atoms with van der Waals surface area (Å²) in [7, 11) is 1.33. The number of fused-ring (bicyclic) bond motifs is 1. The highest BCUT2D eigenvalue weighted by molar-refractivity contribution is 5.95. The van der Waals surface area contributed by atoms with E-state index in [1.54, 1.807) is 10.8 Å². The summed E-state index contributed by atoms with van der Waals surface area (Å²) in [6.07, 6.45) is 3.79. The molecule has 4 aliphatic carbocycles. The van der Waals surface area contributed by atoms with Crippen LogP contribution in [-0.4, -0.2) is 52.9 Å². The quantitative estimate of drug-likeness (QED) is 0.783. The Labute approximate surface area is 149 Å². The number of esters is 1. The first kappa shape index (κ1) is 15.7. The molecule has 138 valence electrons. The molecule has 6 rings (SSSR count). The van der Waals surface area contributed by atoms with Crippen LogP contribution in [0.3, 0.4) is 0 Å². The van der Waals surface area contributed by atoms with Crippen LogP contribution in [0, 0.1) is 17.8 Å². The van der Waals surface area contributed by atoms with Gasteiger partial charge in [0, 0.05) is 48.8 Å². The number of ether oxygens (including phenoxy) is 1. The van der Waals surface area contributed by atoms with Crippen LogP contribution in [0.5, 0.6) is 0 Å². The first-order valence-electron chi connectivity index (χ1n) is 9.02. The summed E-state index contributed by atoms with van der Waals surface area (Å²) in [4.78, 5) is 37.4. The van der Waals surface area contributed by atoms with E-state index in [0.717, 1.165) is 25.2 Å². The Kier molecular flexibility index (Phi) is 3.04. The molecular formula is C18H21N3O5. The molecule has 1 aliphatic heterocycles. The number of anilines is 1. The molecule has 2 bridgehead atoms. The van der Waals surface area contributed by atoms with Crippen molar-refractivity contribution in [3.05, 3.63) is 28.2 Å². The van der Waals surface area contributed by atoms with Gasteiger partial charge in [0.15, 0.2) is 0 Å². The van der Waals surface area contributed by atoms with Crippen molar-refractivity contribution < 1.29 is 19.4 Å². The molecule has 1 amide bonds. The van der Waals surface area contributed by atoms with Crippen LogP contribution in [0.2, 0.25) is 0 Å². The standard InChI is InChI=1S/C18H21N3O5/c1-26-16(23)12-8-21(18-3-9(4-18)5-18)14(22)2-13(12)19-15-10-6-20(17(24)25)7-11(10)15/h2,8-11,15,19H,3-7H2,1H3,(H,24,25)/t9?,10-,11+,15-,18?. The van der Waals surface area contributed by atoms with Gasteiger partial charge in [-0.3, -0.25) is 4.79 Å². The molecule has 0 aromatic carbocycles. The Bertz CT molecular complexity index is 849. The molecule has 1 aromatic rings. The number of nitrogens with zero attached hydrogens (tertiary/aromatic N) is 2. The molecule has 1 aromatic heterocycles. The van der Waals surface area contributed by atoms with Crippen molar-refractivity contribution in [3.63, 3.8) is 0 Å². The van der Waals surface area contributed by atoms with Crippen molar-refractivity contribution in [1.29, 1.82) is 0 Å². The van der Waals surface area contributed by atoms with E-state index >= 15 is 0 Å². The van der Waals surface area contributed by atoms with Crippen LogP contribution in [0.25, 0.3) is 0 Å². The average Bonchev–Trinajstić information content (AvgIpc) is 2.96. The van der Waals surface area contributed by atoms with Gasteiger partial charge in [0.05, 0.1) is 18.4 Å². The zero-order valence-electron chi connectivity index (χ0n) is 14.5. The number of likely N-dealkylation sites (tertiary alicyclic amines) is 1. The van der Waals surface area contributed by atoms with Gasteiger partial charge in [0.1, 0.15) is 0 Å². The molecule has 3 atom stereocenters. The lowest BCUT2D eigenvalue weighted by Gasteiger charge is -2.62. The van der Waals surface area contributed by atoms with Gasteiger partial charge in [0.25, 0.3) is 5.56 Å². The molecule has 0 radical (unpaired) electrons. The van der Waals surface area contributed by atoms with Crippen LogP contribution < -0.4 is 10.9 Å². The lowest BCUT2D eigenvalue weighted by Crippen LogP contribution is -2.62. The number of piperidine rings is 1. The van der Waals surface area contributed by atoms with Crippen molar-refractivity contribution >= 4 is 17.7 Å². The minimum Gasteiger partial charge on any atom is -0.465 e. The Morgan fingerprint density at radius 1 is 1.27 bits per heavy atom. The summed E-state index contributed by atoms with van der Waals surface area (Å²) in [5.41, 5.74) is 0.667. The van der Waals surface area contributed by atoms with Crippen molar-refractivity contribution in [1.82, 2.24) is 9.47 Å². The van der Waals surface area contributed by atoms with E-state index in [9.17, 15) is 14.4 Å². The van der Waals surface area contributed by atoms with Crippen molar-refractivity contribution in [2.75, 3.05) is 25.5 Å². The predicted octanol–water partition coefficient (Wildman–Crippen LogP) is 1.16. The van der Waals surface area contributed by atoms with Crippen LogP contribution in [0.15, 0.2) is 17.1 Å². The second kappa shape index (κ2) is 5.02. The minimum absolute atomic E-state index is 0.0961. The SMILES string of the molecule is COC(=O)c1cn(C23CC(C2)C3)c(=O)cc1N[C@@H]1[C@@H]2CN(C(=O)O)C[C@@H]21. The summed E-state index contributed by atoms with van der Waals surface area (Å²) in [6, 6.07) is 1.59. The average molecular weight is 359 g/mol. The second-order valence-electron chi connectivity index (χ2n) is 8.19. The minimum atomic E-state index is -0.896. The third-order valence-corrected chi connectivity index (χ3v) is 6.76. The first-order chi connectivity index (χ1) is 12.4. The van der Waals surface area contributed by atoms with Gasteiger partial charge in [-0.2, -0.15) is 0 Å². The molecule has 0 spiro atoms. The number of carboxylic acid groups (broad SMARTS) is 1. The normalized spacial score (nSPS) is 35.8. The molecule has 1 saturated heterocycles. The van der Waals surface area contributed by atoms with E-state index in [2.05, 4.69) is 5.32 Å². The summed E-state index contributed by atoms with van der Waals surface area (Å²) in [6.45, 7) is 0.986. The number of pyridine rings is 1. The molecule has 0 unspecified atom stereocenters. The van der Waals surface area contributed by atoms with Gasteiger partial charge in [-0.1, -0.05) is 0 Å². The van der Waals surface area contributed by atoms with Crippen LogP contribution in [-0.2, 0) is 10.3 Å². The lowest BCUT2D eigenvalue weighted by molar-refractivity contribution is -0.0914. The number of nitrogens with one attached hydrogen (secondary N) is 1. The maximum Gasteiger partial charge on any atom is 0.407 e. The Hall–Kier alpha value is -2.51. The van der Waals surface area contributed by atoms with Crippen LogP contribution >= 0.6 is 0 Å². The highest BCUT2D eigenvalue weighted by atomic mass is 16.5. The van der Waals surface area contributed by atoms with Gasteiger partial charge in [-0.25, -0.2) is 9.59 Å². The highest BCUT2D eigenvalue weighted by Crippen LogP contribution is 2.61. The molecular weight excluding hydrogens is 338 g/mol. The molecule has 2 N–H and O–H groups in total. The zero-order valence-corrected chi connectivity index (χ0v) is 14.5. The number of aromatic nitrogens is 1. The molecule has 2 heterocycles. The second-order valence-corrected chi connectivity index (χ2v) is 8.19. The smallest absolute Gasteiger partial charge is 0.407 e. The zero-order chi connectivity index (χ0) is 18.2. The van der Waals surface area contributed by atoms with Gasteiger partial charge in [0.2, 0.25) is 0 Å². The summed E-state index contributed by atoms with van der Waals surface area (Å²) >= 11 is 0. The van der Waals surface area contributed by atoms with E-state index in [-0.39, 0.29) is 29.0 Å². The van der Waals surface area contributed by atoms with Crippen LogP contribution in [0.4, 0.5) is 10.5 Å². The Morgan fingerprint density at radius 3 is 2.42 bits per heavy atom. The van der Waals surface area contributed by atoms with E-state index in [1.807, 2.05) is 0 Å². The monoisotopic (exact) mass is 359 g/mol. The number of hydrogen-bond donors (Lipinski definition) is 2. The first-order valence-corrected chi connectivity index (χ1v) is 9.02. The molecule has 5 fully saturated rings. The number of carbonyl (C=O) groups excluding carboxylic acids is 1. The summed E-state index contributed by atoms with van der Waals surface area (Å²) in [5.74, 6) is 0.725. The topological polar surface area (TPSA) is 101 Å². The van der Waals surface area contributed by atoms with Gasteiger partial charge < -0.3 is 24.6 Å². The number of amides is 1. The third kappa shape index (κ3) is 2.04. The molecule has 8 heteroatoms. The van der Waals surface area contributed by atoms with Gasteiger partial charge in [-0.05, 0) is 25.2 Å². The maximum absolute atomic E-state index is 12.6. The molecule has 4 saturated carbocycles. The number of rotatable bonds is 4. The molecule has 5 aliphatic rings. The Balaban J connectivity index is 1.40. The molecule has 8 nitrogen and oxygen atoms in total. The van der Waals surface area contributed by atoms with Gasteiger partial charge in [-0.15, -0.1) is 0 Å². The fourth-order valence-electron chi connectivity index (χ4n) is 5.10. The number of hydrogen-bond acceptors (Lipinski definition) is 5. The highest BCUT2D eigenvalue weighted by Gasteiger charge is 2.59. The lowest BCUT2D eigenvalue weighted by atomic mass is 9.49. The summed E-state index contributed by atoms with van der Waals surface area (Å²) < 4.78 is 6.63. The van der Waals surface area contributed by atoms with Crippen LogP contribution in [0.1, 0.15) is 29.6 Å². The maximum atomic E-state index is 12.6. The van der Waals surface area contributed by atoms with E-state index in [0.29, 0.717) is 24.3 Å². The van der Waals surface area contributed by atoms with Crippen molar-refractivity contribution in [2.45, 2.75) is 30.8 Å². The van der Waals surface area contributed by atoms with E-state index in [4.69, 9.17) is 9.84 Å². The van der Waals surface area contributed by atoms with E-state index < -0.39 is 12.1 Å².